The standard InChI is InChI=1S/C17H16FNO6S/c1-9-13(16(21)23-2)15(26-14(9)17(22)24-3)19-12(20)8-25-11-6-4-10(18)5-7-11/h4-7H,8H2,1-3H3,(H,19,20). The van der Waals surface area contributed by atoms with Crippen molar-refractivity contribution in [3.8, 4) is 5.75 Å². The van der Waals surface area contributed by atoms with Gasteiger partial charge >= 0.3 is 11.9 Å². The number of amides is 1. The number of anilines is 1. The van der Waals surface area contributed by atoms with E-state index in [9.17, 15) is 18.8 Å². The zero-order valence-electron chi connectivity index (χ0n) is 14.3. The number of hydrogen-bond acceptors (Lipinski definition) is 7. The van der Waals surface area contributed by atoms with Crippen molar-refractivity contribution in [3.05, 3.63) is 46.1 Å². The van der Waals surface area contributed by atoms with Gasteiger partial charge in [0.2, 0.25) is 0 Å². The third-order valence-electron chi connectivity index (χ3n) is 3.34. The van der Waals surface area contributed by atoms with Gasteiger partial charge in [-0.1, -0.05) is 0 Å². The predicted octanol–water partition coefficient (Wildman–Crippen LogP) is 2.79. The minimum Gasteiger partial charge on any atom is -0.484 e. The molecule has 7 nitrogen and oxygen atoms in total. The number of esters is 2. The highest BCUT2D eigenvalue weighted by Crippen LogP contribution is 2.34. The number of thiophene rings is 1. The predicted molar refractivity (Wildman–Crippen MR) is 92.3 cm³/mol. The first-order valence-corrected chi connectivity index (χ1v) is 8.17. The van der Waals surface area contributed by atoms with Crippen LogP contribution in [-0.4, -0.2) is 38.7 Å². The summed E-state index contributed by atoms with van der Waals surface area (Å²) in [6.07, 6.45) is 0. The van der Waals surface area contributed by atoms with Crippen LogP contribution in [-0.2, 0) is 14.3 Å². The Morgan fingerprint density at radius 3 is 2.27 bits per heavy atom. The number of carbonyl (C=O) groups is 3. The molecule has 1 amide bonds. The van der Waals surface area contributed by atoms with Gasteiger partial charge in [0.15, 0.2) is 6.61 Å². The molecule has 0 radical (unpaired) electrons. The number of halogens is 1. The molecular weight excluding hydrogens is 365 g/mol. The van der Waals surface area contributed by atoms with Crippen LogP contribution in [0.25, 0.3) is 0 Å². The molecule has 1 heterocycles. The van der Waals surface area contributed by atoms with Crippen LogP contribution in [0.1, 0.15) is 25.6 Å². The molecule has 1 aromatic carbocycles. The molecule has 0 aliphatic rings. The van der Waals surface area contributed by atoms with Gasteiger partial charge in [-0.25, -0.2) is 14.0 Å². The van der Waals surface area contributed by atoms with Crippen LogP contribution in [0, 0.1) is 12.7 Å². The van der Waals surface area contributed by atoms with E-state index in [-0.39, 0.29) is 22.0 Å². The summed E-state index contributed by atoms with van der Waals surface area (Å²) in [5, 5.41) is 2.67. The summed E-state index contributed by atoms with van der Waals surface area (Å²) in [6.45, 7) is 1.19. The average Bonchev–Trinajstić information content (AvgIpc) is 2.96. The van der Waals surface area contributed by atoms with Crippen molar-refractivity contribution >= 4 is 34.2 Å². The fourth-order valence-electron chi connectivity index (χ4n) is 2.08. The van der Waals surface area contributed by atoms with Gasteiger partial charge in [-0.3, -0.25) is 4.79 Å². The third kappa shape index (κ3) is 4.37. The lowest BCUT2D eigenvalue weighted by Crippen LogP contribution is -2.21. The van der Waals surface area contributed by atoms with E-state index in [0.29, 0.717) is 11.3 Å². The first-order valence-electron chi connectivity index (χ1n) is 7.35. The fourth-order valence-corrected chi connectivity index (χ4v) is 3.21. The first-order chi connectivity index (χ1) is 12.4. The van der Waals surface area contributed by atoms with Crippen LogP contribution in [0.3, 0.4) is 0 Å². The molecule has 0 saturated carbocycles. The summed E-state index contributed by atoms with van der Waals surface area (Å²) in [7, 11) is 2.41. The molecule has 1 aromatic heterocycles. The SMILES string of the molecule is COC(=O)c1sc(NC(=O)COc2ccc(F)cc2)c(C(=O)OC)c1C. The number of carbonyl (C=O) groups excluding carboxylic acids is 3. The van der Waals surface area contributed by atoms with E-state index in [4.69, 9.17) is 9.47 Å². The lowest BCUT2D eigenvalue weighted by Gasteiger charge is -2.08. The number of ether oxygens (including phenoxy) is 3. The Labute approximate surface area is 152 Å². The van der Waals surface area contributed by atoms with Crippen molar-refractivity contribution in [2.75, 3.05) is 26.1 Å². The Morgan fingerprint density at radius 1 is 1.08 bits per heavy atom. The smallest absolute Gasteiger partial charge is 0.348 e. The second-order valence-electron chi connectivity index (χ2n) is 5.03. The highest BCUT2D eigenvalue weighted by Gasteiger charge is 2.26. The number of rotatable bonds is 6. The van der Waals surface area contributed by atoms with Crippen LogP contribution >= 0.6 is 11.3 Å². The highest BCUT2D eigenvalue weighted by atomic mass is 32.1. The molecule has 0 unspecified atom stereocenters. The van der Waals surface area contributed by atoms with Crippen LogP contribution in [0.4, 0.5) is 9.39 Å². The molecule has 0 aliphatic carbocycles. The third-order valence-corrected chi connectivity index (χ3v) is 4.53. The van der Waals surface area contributed by atoms with Gasteiger partial charge in [0.25, 0.3) is 5.91 Å². The van der Waals surface area contributed by atoms with Gasteiger partial charge in [-0.2, -0.15) is 0 Å². The van der Waals surface area contributed by atoms with Crippen molar-refractivity contribution in [2.45, 2.75) is 6.92 Å². The molecule has 0 atom stereocenters. The summed E-state index contributed by atoms with van der Waals surface area (Å²) >= 11 is 0.902. The molecule has 0 saturated heterocycles. The van der Waals surface area contributed by atoms with Crippen molar-refractivity contribution in [3.63, 3.8) is 0 Å². The lowest BCUT2D eigenvalue weighted by molar-refractivity contribution is -0.118. The second-order valence-corrected chi connectivity index (χ2v) is 6.05. The van der Waals surface area contributed by atoms with Gasteiger partial charge in [0, 0.05) is 0 Å². The summed E-state index contributed by atoms with van der Waals surface area (Å²) in [5.74, 6) is -1.98. The largest absolute Gasteiger partial charge is 0.484 e. The molecule has 0 aliphatic heterocycles. The zero-order valence-corrected chi connectivity index (χ0v) is 15.1. The summed E-state index contributed by atoms with van der Waals surface area (Å²) in [4.78, 5) is 36.1. The van der Waals surface area contributed by atoms with E-state index in [2.05, 4.69) is 10.1 Å². The first kappa shape index (κ1) is 19.4. The van der Waals surface area contributed by atoms with Gasteiger partial charge < -0.3 is 19.5 Å². The van der Waals surface area contributed by atoms with Crippen molar-refractivity contribution in [1.82, 2.24) is 0 Å². The maximum Gasteiger partial charge on any atom is 0.348 e. The molecule has 1 N–H and O–H groups in total. The van der Waals surface area contributed by atoms with Crippen molar-refractivity contribution in [1.29, 1.82) is 0 Å². The number of nitrogens with one attached hydrogen (secondary N) is 1. The normalized spacial score (nSPS) is 10.2. The fraction of sp³-hybridized carbons (Fsp3) is 0.235. The maximum atomic E-state index is 12.8. The van der Waals surface area contributed by atoms with Crippen LogP contribution < -0.4 is 10.1 Å². The van der Waals surface area contributed by atoms with Gasteiger partial charge in [-0.15, -0.1) is 11.3 Å². The van der Waals surface area contributed by atoms with E-state index in [0.717, 1.165) is 11.3 Å². The average molecular weight is 381 g/mol. The van der Waals surface area contributed by atoms with Crippen LogP contribution in [0.15, 0.2) is 24.3 Å². The van der Waals surface area contributed by atoms with Crippen LogP contribution in [0.5, 0.6) is 5.75 Å². The summed E-state index contributed by atoms with van der Waals surface area (Å²) < 4.78 is 27.5. The lowest BCUT2D eigenvalue weighted by atomic mass is 10.1. The summed E-state index contributed by atoms with van der Waals surface area (Å²) in [6, 6.07) is 5.17. The van der Waals surface area contributed by atoms with E-state index in [1.807, 2.05) is 0 Å². The molecule has 0 spiro atoms. The van der Waals surface area contributed by atoms with E-state index < -0.39 is 23.7 Å². The molecule has 0 bridgehead atoms. The van der Waals surface area contributed by atoms with E-state index >= 15 is 0 Å². The Kier molecular flexibility index (Phi) is 6.29. The number of methoxy groups -OCH3 is 2. The Bertz CT molecular complexity index is 831. The number of hydrogen-bond donors (Lipinski definition) is 1. The second kappa shape index (κ2) is 8.43. The van der Waals surface area contributed by atoms with Crippen molar-refractivity contribution in [2.24, 2.45) is 0 Å². The molecule has 138 valence electrons. The van der Waals surface area contributed by atoms with Crippen LogP contribution in [0.2, 0.25) is 0 Å². The minimum atomic E-state index is -0.691. The molecule has 9 heteroatoms. The molecule has 0 fully saturated rings. The van der Waals surface area contributed by atoms with Gasteiger partial charge in [0.1, 0.15) is 21.4 Å². The van der Waals surface area contributed by atoms with Gasteiger partial charge in [0.05, 0.1) is 19.8 Å². The molecule has 2 aromatic rings. The maximum absolute atomic E-state index is 12.8. The highest BCUT2D eigenvalue weighted by molar-refractivity contribution is 7.18. The monoisotopic (exact) mass is 381 g/mol. The Balaban J connectivity index is 2.16. The van der Waals surface area contributed by atoms with Gasteiger partial charge in [-0.05, 0) is 36.8 Å². The Hall–Kier alpha value is -2.94. The molecule has 2 rings (SSSR count). The quantitative estimate of drug-likeness (QED) is 0.774. The number of benzene rings is 1. The molecule has 26 heavy (non-hydrogen) atoms. The Morgan fingerprint density at radius 2 is 1.69 bits per heavy atom. The summed E-state index contributed by atoms with van der Waals surface area (Å²) in [5.41, 5.74) is 0.427. The molecular formula is C17H16FNO6S. The van der Waals surface area contributed by atoms with E-state index in [1.54, 1.807) is 6.92 Å². The van der Waals surface area contributed by atoms with Crippen molar-refractivity contribution < 1.29 is 33.0 Å². The zero-order chi connectivity index (χ0) is 19.3. The minimum absolute atomic E-state index is 0.0769. The topological polar surface area (TPSA) is 90.9 Å². The van der Waals surface area contributed by atoms with E-state index in [1.165, 1.54) is 38.5 Å².